The normalized spacial score (nSPS) is 11.8. The second-order valence-electron chi connectivity index (χ2n) is 8.76. The van der Waals surface area contributed by atoms with Crippen molar-refractivity contribution in [3.05, 3.63) is 83.9 Å². The van der Waals surface area contributed by atoms with Crippen LogP contribution in [-0.2, 0) is 12.8 Å². The Bertz CT molecular complexity index is 1090. The highest BCUT2D eigenvalue weighted by atomic mass is 32.2. The first kappa shape index (κ1) is 21.9. The Morgan fingerprint density at radius 3 is 1.39 bits per heavy atom. The van der Waals surface area contributed by atoms with Crippen LogP contribution in [0, 0.1) is 0 Å². The molecule has 0 aliphatic carbocycles. The lowest BCUT2D eigenvalue weighted by atomic mass is 10.0. The molecule has 0 saturated heterocycles. The van der Waals surface area contributed by atoms with E-state index >= 15 is 0 Å². The molecule has 0 heterocycles. The van der Waals surface area contributed by atoms with E-state index in [1.807, 2.05) is 11.8 Å². The fraction of sp³-hybridized carbons (Fsp3) is 0.286. The van der Waals surface area contributed by atoms with Gasteiger partial charge < -0.3 is 9.80 Å². The van der Waals surface area contributed by atoms with Crippen LogP contribution in [0.2, 0.25) is 0 Å². The molecule has 31 heavy (non-hydrogen) atoms. The Kier molecular flexibility index (Phi) is 6.96. The van der Waals surface area contributed by atoms with E-state index < -0.39 is 0 Å². The summed E-state index contributed by atoms with van der Waals surface area (Å²) < 4.78 is 0. The molecule has 0 aliphatic heterocycles. The Morgan fingerprint density at radius 1 is 0.548 bits per heavy atom. The van der Waals surface area contributed by atoms with Crippen LogP contribution in [0.4, 0.5) is 0 Å². The summed E-state index contributed by atoms with van der Waals surface area (Å²) in [5.74, 6) is 0. The molecule has 0 unspecified atom stereocenters. The highest BCUT2D eigenvalue weighted by molar-refractivity contribution is 8.00. The van der Waals surface area contributed by atoms with Crippen LogP contribution in [-0.4, -0.2) is 51.1 Å². The summed E-state index contributed by atoms with van der Waals surface area (Å²) in [4.78, 5) is 7.35. The quantitative estimate of drug-likeness (QED) is 0.323. The van der Waals surface area contributed by atoms with Crippen molar-refractivity contribution in [1.82, 2.24) is 9.80 Å². The maximum Gasteiger partial charge on any atom is 0.0233 e. The first-order chi connectivity index (χ1) is 15.0. The fourth-order valence-corrected chi connectivity index (χ4v) is 5.40. The van der Waals surface area contributed by atoms with Gasteiger partial charge in [0.05, 0.1) is 0 Å². The summed E-state index contributed by atoms with van der Waals surface area (Å²) in [7, 11) is 8.60. The molecule has 0 N–H and O–H groups in total. The summed E-state index contributed by atoms with van der Waals surface area (Å²) in [6, 6.07) is 26.8. The summed E-state index contributed by atoms with van der Waals surface area (Å²) in [5, 5.41) is 5.34. The van der Waals surface area contributed by atoms with Crippen LogP contribution < -0.4 is 0 Å². The number of fused-ring (bicyclic) bond motifs is 2. The van der Waals surface area contributed by atoms with Crippen LogP contribution in [0.15, 0.2) is 82.6 Å². The van der Waals surface area contributed by atoms with Crippen molar-refractivity contribution >= 4 is 33.3 Å². The number of benzene rings is 4. The van der Waals surface area contributed by atoms with Gasteiger partial charge in [-0.2, -0.15) is 0 Å². The second-order valence-corrected chi connectivity index (χ2v) is 9.78. The van der Waals surface area contributed by atoms with Crippen LogP contribution in [0.1, 0.15) is 11.1 Å². The number of hydrogen-bond donors (Lipinski definition) is 0. The lowest BCUT2D eigenvalue weighted by molar-refractivity contribution is 0.412. The topological polar surface area (TPSA) is 6.48 Å². The van der Waals surface area contributed by atoms with Gasteiger partial charge in [0.1, 0.15) is 0 Å². The Balaban J connectivity index is 1.86. The van der Waals surface area contributed by atoms with Gasteiger partial charge in [-0.05, 0) is 73.7 Å². The van der Waals surface area contributed by atoms with Gasteiger partial charge in [0.25, 0.3) is 0 Å². The molecule has 4 aromatic carbocycles. The zero-order valence-electron chi connectivity index (χ0n) is 19.1. The van der Waals surface area contributed by atoms with Crippen molar-refractivity contribution < 1.29 is 0 Å². The molecule has 0 aliphatic rings. The lowest BCUT2D eigenvalue weighted by Gasteiger charge is -2.19. The molecule has 3 heteroatoms. The molecule has 0 saturated carbocycles. The average molecular weight is 429 g/mol. The summed E-state index contributed by atoms with van der Waals surface area (Å²) in [6.45, 7) is 2.10. The molecule has 0 fully saturated rings. The van der Waals surface area contributed by atoms with Gasteiger partial charge in [-0.15, -0.1) is 0 Å². The molecule has 4 aromatic rings. The minimum Gasteiger partial charge on any atom is -0.309 e. The number of rotatable bonds is 8. The standard InChI is InChI=1S/C28H32N2S/c1-29(2)19-17-23-15-13-21-9-5-7-11-25(21)27(23)31-28-24(18-20-30(3)4)16-14-22-10-6-8-12-26(22)28/h5-16H,17-20H2,1-4H3. The summed E-state index contributed by atoms with van der Waals surface area (Å²) in [6.07, 6.45) is 2.11. The molecule has 0 atom stereocenters. The molecule has 2 nitrogen and oxygen atoms in total. The van der Waals surface area contributed by atoms with E-state index in [2.05, 4.69) is 111 Å². The molecule has 160 valence electrons. The van der Waals surface area contributed by atoms with Crippen molar-refractivity contribution in [2.45, 2.75) is 22.6 Å². The van der Waals surface area contributed by atoms with E-state index in [-0.39, 0.29) is 0 Å². The molecule has 0 radical (unpaired) electrons. The zero-order valence-corrected chi connectivity index (χ0v) is 19.9. The van der Waals surface area contributed by atoms with Gasteiger partial charge in [-0.3, -0.25) is 0 Å². The van der Waals surface area contributed by atoms with Gasteiger partial charge in [0.15, 0.2) is 0 Å². The first-order valence-corrected chi connectivity index (χ1v) is 11.8. The van der Waals surface area contributed by atoms with E-state index in [1.54, 1.807) is 0 Å². The molecule has 0 spiro atoms. The third-order valence-electron chi connectivity index (χ3n) is 5.78. The third-order valence-corrected chi connectivity index (χ3v) is 7.16. The van der Waals surface area contributed by atoms with E-state index in [0.717, 1.165) is 25.9 Å². The Morgan fingerprint density at radius 2 is 0.968 bits per heavy atom. The average Bonchev–Trinajstić information content (AvgIpc) is 2.77. The largest absolute Gasteiger partial charge is 0.309 e. The molecular formula is C28H32N2S. The minimum absolute atomic E-state index is 1.05. The van der Waals surface area contributed by atoms with Crippen molar-refractivity contribution in [3.8, 4) is 0 Å². The molecule has 4 rings (SSSR count). The molecule has 0 amide bonds. The van der Waals surface area contributed by atoms with Gasteiger partial charge in [0, 0.05) is 22.9 Å². The van der Waals surface area contributed by atoms with Crippen LogP contribution in [0.25, 0.3) is 21.5 Å². The maximum absolute atomic E-state index is 2.33. The molecule has 0 bridgehead atoms. The lowest BCUT2D eigenvalue weighted by Crippen LogP contribution is -2.16. The van der Waals surface area contributed by atoms with Crippen LogP contribution >= 0.6 is 11.8 Å². The summed E-state index contributed by atoms with van der Waals surface area (Å²) in [5.41, 5.74) is 2.87. The van der Waals surface area contributed by atoms with Crippen molar-refractivity contribution in [2.75, 3.05) is 41.3 Å². The van der Waals surface area contributed by atoms with Crippen molar-refractivity contribution in [3.63, 3.8) is 0 Å². The second kappa shape index (κ2) is 9.86. The number of likely N-dealkylation sites (N-methyl/N-ethyl adjacent to an activating group) is 2. The van der Waals surface area contributed by atoms with E-state index in [9.17, 15) is 0 Å². The SMILES string of the molecule is CN(C)CCc1ccc2ccccc2c1Sc1c(CCN(C)C)ccc2ccccc12. The van der Waals surface area contributed by atoms with Gasteiger partial charge in [-0.1, -0.05) is 84.6 Å². The predicted molar refractivity (Wildman–Crippen MR) is 137 cm³/mol. The van der Waals surface area contributed by atoms with E-state index in [0.29, 0.717) is 0 Å². The predicted octanol–water partition coefficient (Wildman–Crippen LogP) is 6.35. The smallest absolute Gasteiger partial charge is 0.0233 e. The Labute approximate surface area is 190 Å². The van der Waals surface area contributed by atoms with Crippen molar-refractivity contribution in [2.24, 2.45) is 0 Å². The molecular weight excluding hydrogens is 396 g/mol. The Hall–Kier alpha value is -2.33. The van der Waals surface area contributed by atoms with Gasteiger partial charge in [0.2, 0.25) is 0 Å². The summed E-state index contributed by atoms with van der Waals surface area (Å²) >= 11 is 1.97. The van der Waals surface area contributed by atoms with Crippen molar-refractivity contribution in [1.29, 1.82) is 0 Å². The zero-order chi connectivity index (χ0) is 21.8. The highest BCUT2D eigenvalue weighted by Crippen LogP contribution is 2.41. The van der Waals surface area contributed by atoms with E-state index in [1.165, 1.54) is 42.5 Å². The molecule has 0 aromatic heterocycles. The highest BCUT2D eigenvalue weighted by Gasteiger charge is 2.15. The monoisotopic (exact) mass is 428 g/mol. The number of hydrogen-bond acceptors (Lipinski definition) is 3. The third kappa shape index (κ3) is 5.12. The first-order valence-electron chi connectivity index (χ1n) is 11.0. The van der Waals surface area contributed by atoms with Crippen LogP contribution in [0.5, 0.6) is 0 Å². The van der Waals surface area contributed by atoms with Gasteiger partial charge >= 0.3 is 0 Å². The van der Waals surface area contributed by atoms with Gasteiger partial charge in [-0.25, -0.2) is 0 Å². The van der Waals surface area contributed by atoms with Crippen LogP contribution in [0.3, 0.4) is 0 Å². The number of nitrogens with zero attached hydrogens (tertiary/aromatic N) is 2. The van der Waals surface area contributed by atoms with E-state index in [4.69, 9.17) is 0 Å². The maximum atomic E-state index is 2.33. The minimum atomic E-state index is 1.05. The fourth-order valence-electron chi connectivity index (χ4n) is 4.00.